The van der Waals surface area contributed by atoms with E-state index in [9.17, 15) is 28.9 Å². The molecule has 0 fully saturated rings. The van der Waals surface area contributed by atoms with E-state index in [0.29, 0.717) is 85.7 Å². The second-order valence-electron chi connectivity index (χ2n) is 21.0. The summed E-state index contributed by atoms with van der Waals surface area (Å²) < 4.78 is 53.8. The molecule has 4 aliphatic heterocycles. The molecule has 0 saturated carbocycles. The van der Waals surface area contributed by atoms with Crippen molar-refractivity contribution in [3.05, 3.63) is 252 Å². The molecule has 83 heavy (non-hydrogen) atoms. The van der Waals surface area contributed by atoms with Crippen molar-refractivity contribution < 1.29 is 47.0 Å². The number of phenols is 2. The molecule has 0 spiro atoms. The molecule has 0 radical (unpaired) electrons. The van der Waals surface area contributed by atoms with Crippen LogP contribution in [0.4, 0.5) is 0 Å². The highest BCUT2D eigenvalue weighted by molar-refractivity contribution is 7.67. The Balaban J connectivity index is 0.000000194. The number of phenolic OH excluding ortho intramolecular Hbond substituents is 2. The molecular weight excluding hydrogens is 1110 g/mol. The molecule has 10 aromatic rings. The van der Waals surface area contributed by atoms with Gasteiger partial charge >= 0.3 is 0 Å². The van der Waals surface area contributed by atoms with Gasteiger partial charge in [0.05, 0.1) is 22.9 Å². The van der Waals surface area contributed by atoms with E-state index in [1.54, 1.807) is 48.5 Å². The fourth-order valence-corrected chi connectivity index (χ4v) is 17.7. The summed E-state index contributed by atoms with van der Waals surface area (Å²) in [6.45, 7) is 3.90. The number of hydrogen-bond donors (Lipinski definition) is 2. The van der Waals surface area contributed by atoms with Gasteiger partial charge in [0.15, 0.2) is 0 Å². The fourth-order valence-electron chi connectivity index (χ4n) is 11.2. The van der Waals surface area contributed by atoms with Gasteiger partial charge in [-0.3, -0.25) is 9.13 Å². The van der Waals surface area contributed by atoms with Crippen LogP contribution in [-0.4, -0.2) is 22.8 Å². The van der Waals surface area contributed by atoms with Gasteiger partial charge in [0.25, 0.3) is 14.7 Å². The standard InChI is InChI=1S/C45H38O8P2.2C12H9OP/c1-45(2,33-23-29(19-21-46)43(48)31(25-33)27-54(50)41-17-9-5-13-37(41)35-11-3-7-15-39(35)52-54)34-24-30(20-22-47)44(49)32(26-34)28-55(51)42-18-10-6-14-38(42)36-12-4-8-16-40(36)53-55;2*1-3-7-11-9(5-1)10-6-2-4-8-12(10)14-13-11/h3-18,21-26,48-49H,19-20,27-28H2,1-2H3;2*1-8,14H. The molecule has 0 aliphatic carbocycles. The maximum absolute atomic E-state index is 14.9. The first kappa shape index (κ1) is 55.2. The lowest BCUT2D eigenvalue weighted by molar-refractivity contribution is -0.108. The third-order valence-corrected chi connectivity index (χ3v) is 22.2. The van der Waals surface area contributed by atoms with Gasteiger partial charge in [-0.25, -0.2) is 0 Å². The third kappa shape index (κ3) is 10.7. The van der Waals surface area contributed by atoms with E-state index < -0.39 is 20.2 Å². The number of para-hydroxylation sites is 4. The Kier molecular flexibility index (Phi) is 15.4. The highest BCUT2D eigenvalue weighted by atomic mass is 31.2. The van der Waals surface area contributed by atoms with Crippen molar-refractivity contribution in [2.75, 3.05) is 0 Å². The molecule has 0 saturated heterocycles. The smallest absolute Gasteiger partial charge is 0.282 e. The first-order valence-electron chi connectivity index (χ1n) is 27.1. The topological polar surface area (TPSA) is 146 Å². The summed E-state index contributed by atoms with van der Waals surface area (Å²) >= 11 is 0. The third-order valence-electron chi connectivity index (χ3n) is 15.5. The van der Waals surface area contributed by atoms with E-state index in [2.05, 4.69) is 60.7 Å². The van der Waals surface area contributed by atoms with E-state index >= 15 is 0 Å². The predicted octanol–water partition coefficient (Wildman–Crippen LogP) is 15.2. The van der Waals surface area contributed by atoms with Crippen molar-refractivity contribution in [2.24, 2.45) is 0 Å². The van der Waals surface area contributed by atoms with E-state index in [0.717, 1.165) is 33.8 Å². The molecule has 14 rings (SSSR count). The van der Waals surface area contributed by atoms with Crippen molar-refractivity contribution in [3.8, 4) is 79.0 Å². The molecule has 412 valence electrons. The summed E-state index contributed by atoms with van der Waals surface area (Å²) in [6, 6.07) is 69.9. The molecule has 4 heterocycles. The molecule has 4 unspecified atom stereocenters. The zero-order valence-corrected chi connectivity index (χ0v) is 49.1. The molecule has 14 heteroatoms. The van der Waals surface area contributed by atoms with Crippen molar-refractivity contribution in [1.82, 2.24) is 0 Å². The number of aldehydes is 2. The first-order chi connectivity index (χ1) is 40.4. The Hall–Kier alpha value is -8.34. The van der Waals surface area contributed by atoms with Crippen molar-refractivity contribution >= 4 is 66.1 Å². The summed E-state index contributed by atoms with van der Waals surface area (Å²) in [5.74, 6) is 2.71. The summed E-state index contributed by atoms with van der Waals surface area (Å²) in [6.07, 6.45) is 0.951. The van der Waals surface area contributed by atoms with Crippen LogP contribution in [0.1, 0.15) is 47.2 Å². The molecule has 10 aromatic carbocycles. The van der Waals surface area contributed by atoms with Gasteiger partial charge in [-0.2, -0.15) is 0 Å². The van der Waals surface area contributed by atoms with Gasteiger partial charge in [-0.05, 0) is 69.8 Å². The second-order valence-corrected chi connectivity index (χ2v) is 27.6. The molecule has 10 nitrogen and oxygen atoms in total. The lowest BCUT2D eigenvalue weighted by Gasteiger charge is -2.32. The minimum Gasteiger partial charge on any atom is -0.507 e. The number of aromatic hydroxyl groups is 2. The van der Waals surface area contributed by atoms with Gasteiger partial charge in [0.1, 0.15) is 64.7 Å². The number of benzene rings is 10. The minimum atomic E-state index is -3.64. The summed E-state index contributed by atoms with van der Waals surface area (Å²) in [5, 5.41) is 26.8. The zero-order valence-electron chi connectivity index (χ0n) is 45.3. The zero-order chi connectivity index (χ0) is 57.3. The van der Waals surface area contributed by atoms with Crippen LogP contribution >= 0.6 is 32.4 Å². The molecule has 0 amide bonds. The highest BCUT2D eigenvalue weighted by Crippen LogP contribution is 2.59. The molecule has 4 aliphatic rings. The molecule has 2 N–H and O–H groups in total. The van der Waals surface area contributed by atoms with E-state index in [4.69, 9.17) is 18.1 Å². The molecule has 0 bridgehead atoms. The van der Waals surface area contributed by atoms with Gasteiger partial charge in [0.2, 0.25) is 0 Å². The molecule has 4 atom stereocenters. The Bertz CT molecular complexity index is 3910. The largest absolute Gasteiger partial charge is 0.507 e. The van der Waals surface area contributed by atoms with Crippen LogP contribution < -0.4 is 39.3 Å². The number of carbonyl (C=O) groups excluding carboxylic acids is 2. The van der Waals surface area contributed by atoms with Crippen LogP contribution in [-0.2, 0) is 49.3 Å². The second kappa shape index (κ2) is 23.1. The maximum atomic E-state index is 14.9. The average Bonchev–Trinajstić information content (AvgIpc) is 3.33. The quantitative estimate of drug-likeness (QED) is 0.100. The van der Waals surface area contributed by atoms with Gasteiger partial charge < -0.3 is 37.9 Å². The van der Waals surface area contributed by atoms with Crippen molar-refractivity contribution in [3.63, 3.8) is 0 Å². The van der Waals surface area contributed by atoms with Gasteiger partial charge in [-0.15, -0.1) is 0 Å². The van der Waals surface area contributed by atoms with Crippen LogP contribution in [0.2, 0.25) is 0 Å². The number of rotatable bonds is 10. The Morgan fingerprint density at radius 2 is 0.699 bits per heavy atom. The molecule has 0 aromatic heterocycles. The first-order valence-corrected chi connectivity index (χ1v) is 32.5. The van der Waals surface area contributed by atoms with E-state index in [-0.39, 0.29) is 36.7 Å². The monoisotopic (exact) mass is 1170 g/mol. The maximum Gasteiger partial charge on any atom is 0.282 e. The summed E-state index contributed by atoms with van der Waals surface area (Å²) in [7, 11) is -6.40. The van der Waals surface area contributed by atoms with E-state index in [1.165, 1.54) is 32.9 Å². The lowest BCUT2D eigenvalue weighted by Crippen LogP contribution is -2.22. The summed E-state index contributed by atoms with van der Waals surface area (Å²) in [5.41, 5.74) is 10.2. The van der Waals surface area contributed by atoms with Crippen molar-refractivity contribution in [1.29, 1.82) is 0 Å². The Morgan fingerprint density at radius 3 is 1.08 bits per heavy atom. The Labute approximate surface area is 485 Å². The predicted molar refractivity (Wildman–Crippen MR) is 336 cm³/mol. The lowest BCUT2D eigenvalue weighted by atomic mass is 9.75. The SMILES string of the molecule is CC(C)(c1cc(CC=O)c(O)c(CP2(=O)Oc3ccccc3-c3ccccc32)c1)c1cc(CC=O)c(O)c(CP2(=O)Oc3ccccc3-c3ccccc32)c1.c1ccc2c(c1)OPc1ccccc1-2.c1ccc2c(c1)OPc1ccccc1-2. The fraction of sp³-hybridized carbons (Fsp3) is 0.101. The van der Waals surface area contributed by atoms with Gasteiger partial charge in [0, 0.05) is 73.4 Å². The average molecular weight is 1170 g/mol. The molecular formula is C69H56O10P4. The van der Waals surface area contributed by atoms with Crippen LogP contribution in [0.15, 0.2) is 218 Å². The number of fused-ring (bicyclic) bond motifs is 12. The normalized spacial score (nSPS) is 16.8. The van der Waals surface area contributed by atoms with Gasteiger partial charge in [-0.1, -0.05) is 196 Å². The van der Waals surface area contributed by atoms with Crippen LogP contribution in [0.25, 0.3) is 44.5 Å². The van der Waals surface area contributed by atoms with Crippen LogP contribution in [0.5, 0.6) is 34.5 Å². The number of hydrogen-bond acceptors (Lipinski definition) is 10. The Morgan fingerprint density at radius 1 is 0.398 bits per heavy atom. The van der Waals surface area contributed by atoms with E-state index in [1.807, 2.05) is 123 Å². The van der Waals surface area contributed by atoms with Crippen LogP contribution in [0.3, 0.4) is 0 Å². The minimum absolute atomic E-state index is 0.0913. The number of carbonyl (C=O) groups is 2. The highest BCUT2D eigenvalue weighted by Gasteiger charge is 2.40. The van der Waals surface area contributed by atoms with Crippen LogP contribution in [0, 0.1) is 0 Å². The van der Waals surface area contributed by atoms with Crippen molar-refractivity contribution in [2.45, 2.75) is 44.4 Å². The summed E-state index contributed by atoms with van der Waals surface area (Å²) in [4.78, 5) is 23.8.